The van der Waals surface area contributed by atoms with Crippen molar-refractivity contribution in [2.24, 2.45) is 0 Å². The molecule has 3 aromatic rings. The van der Waals surface area contributed by atoms with Crippen LogP contribution in [0.3, 0.4) is 0 Å². The average molecular weight is 439 g/mol. The molecule has 1 atom stereocenters. The molecule has 1 unspecified atom stereocenters. The minimum atomic E-state index is -0.328. The Morgan fingerprint density at radius 2 is 1.70 bits per heavy atom. The van der Waals surface area contributed by atoms with Crippen molar-refractivity contribution in [3.63, 3.8) is 0 Å². The SMILES string of the molecule is Cc1cccc(C(=O)Nc2cccc(SC(C)C(=O)Nc3cc(Cl)ccc3C)c2)c1. The van der Waals surface area contributed by atoms with Crippen LogP contribution in [0.4, 0.5) is 11.4 Å². The molecular formula is C24H23ClN2O2S. The van der Waals surface area contributed by atoms with Gasteiger partial charge in [-0.1, -0.05) is 41.4 Å². The number of amides is 2. The van der Waals surface area contributed by atoms with E-state index in [-0.39, 0.29) is 17.1 Å². The van der Waals surface area contributed by atoms with Crippen LogP contribution in [0.5, 0.6) is 0 Å². The van der Waals surface area contributed by atoms with Gasteiger partial charge >= 0.3 is 0 Å². The lowest BCUT2D eigenvalue weighted by Crippen LogP contribution is -2.22. The first-order valence-corrected chi connectivity index (χ1v) is 10.8. The topological polar surface area (TPSA) is 58.2 Å². The number of benzene rings is 3. The normalized spacial score (nSPS) is 11.6. The van der Waals surface area contributed by atoms with E-state index in [1.165, 1.54) is 11.8 Å². The Hall–Kier alpha value is -2.76. The van der Waals surface area contributed by atoms with E-state index < -0.39 is 0 Å². The molecule has 0 spiro atoms. The van der Waals surface area contributed by atoms with Gasteiger partial charge in [0.15, 0.2) is 0 Å². The average Bonchev–Trinajstić information content (AvgIpc) is 2.71. The van der Waals surface area contributed by atoms with Gasteiger partial charge in [0, 0.05) is 26.9 Å². The zero-order valence-corrected chi connectivity index (χ0v) is 18.6. The van der Waals surface area contributed by atoms with Crippen LogP contribution in [0.15, 0.2) is 71.6 Å². The summed E-state index contributed by atoms with van der Waals surface area (Å²) in [6.07, 6.45) is 0. The van der Waals surface area contributed by atoms with E-state index >= 15 is 0 Å². The van der Waals surface area contributed by atoms with E-state index in [2.05, 4.69) is 10.6 Å². The summed E-state index contributed by atoms with van der Waals surface area (Å²) in [5.74, 6) is -0.275. The third kappa shape index (κ3) is 5.88. The molecular weight excluding hydrogens is 416 g/mol. The molecule has 0 saturated heterocycles. The lowest BCUT2D eigenvalue weighted by Gasteiger charge is -2.14. The second kappa shape index (κ2) is 9.83. The molecule has 2 N–H and O–H groups in total. The number of rotatable bonds is 6. The molecule has 2 amide bonds. The van der Waals surface area contributed by atoms with Crippen molar-refractivity contribution >= 4 is 46.6 Å². The van der Waals surface area contributed by atoms with Crippen LogP contribution in [-0.2, 0) is 4.79 Å². The molecule has 0 bridgehead atoms. The highest BCUT2D eigenvalue weighted by atomic mass is 35.5. The lowest BCUT2D eigenvalue weighted by atomic mass is 10.1. The molecule has 0 saturated carbocycles. The van der Waals surface area contributed by atoms with Crippen LogP contribution >= 0.6 is 23.4 Å². The van der Waals surface area contributed by atoms with Crippen molar-refractivity contribution in [1.82, 2.24) is 0 Å². The largest absolute Gasteiger partial charge is 0.325 e. The number of nitrogens with one attached hydrogen (secondary N) is 2. The highest BCUT2D eigenvalue weighted by molar-refractivity contribution is 8.00. The molecule has 3 aromatic carbocycles. The number of hydrogen-bond acceptors (Lipinski definition) is 3. The summed E-state index contributed by atoms with van der Waals surface area (Å²) >= 11 is 7.45. The molecule has 0 aliphatic heterocycles. The maximum atomic E-state index is 12.6. The maximum absolute atomic E-state index is 12.6. The van der Waals surface area contributed by atoms with Crippen molar-refractivity contribution in [3.05, 3.63) is 88.4 Å². The summed E-state index contributed by atoms with van der Waals surface area (Å²) in [5.41, 5.74) is 3.98. The van der Waals surface area contributed by atoms with Crippen molar-refractivity contribution in [2.75, 3.05) is 10.6 Å². The van der Waals surface area contributed by atoms with E-state index in [1.807, 2.05) is 69.3 Å². The lowest BCUT2D eigenvalue weighted by molar-refractivity contribution is -0.115. The molecule has 0 aromatic heterocycles. The summed E-state index contributed by atoms with van der Waals surface area (Å²) in [5, 5.41) is 6.09. The van der Waals surface area contributed by atoms with Crippen molar-refractivity contribution in [3.8, 4) is 0 Å². The summed E-state index contributed by atoms with van der Waals surface area (Å²) in [4.78, 5) is 26.0. The third-order valence-electron chi connectivity index (χ3n) is 4.51. The molecule has 6 heteroatoms. The summed E-state index contributed by atoms with van der Waals surface area (Å²) in [7, 11) is 0. The van der Waals surface area contributed by atoms with Gasteiger partial charge in [-0.05, 0) is 68.8 Å². The Morgan fingerprint density at radius 3 is 2.47 bits per heavy atom. The van der Waals surface area contributed by atoms with Crippen molar-refractivity contribution < 1.29 is 9.59 Å². The molecule has 30 heavy (non-hydrogen) atoms. The van der Waals surface area contributed by atoms with Gasteiger partial charge in [0.2, 0.25) is 5.91 Å². The summed E-state index contributed by atoms with van der Waals surface area (Å²) in [6, 6.07) is 20.3. The first-order chi connectivity index (χ1) is 14.3. The molecule has 3 rings (SSSR count). The zero-order valence-electron chi connectivity index (χ0n) is 17.0. The van der Waals surface area contributed by atoms with Crippen LogP contribution in [-0.4, -0.2) is 17.1 Å². The van der Waals surface area contributed by atoms with Crippen LogP contribution < -0.4 is 10.6 Å². The minimum Gasteiger partial charge on any atom is -0.325 e. The van der Waals surface area contributed by atoms with E-state index in [1.54, 1.807) is 18.2 Å². The van der Waals surface area contributed by atoms with Gasteiger partial charge in [0.1, 0.15) is 0 Å². The number of anilines is 2. The van der Waals surface area contributed by atoms with Crippen LogP contribution in [0, 0.1) is 13.8 Å². The number of carbonyl (C=O) groups is 2. The maximum Gasteiger partial charge on any atom is 0.255 e. The van der Waals surface area contributed by atoms with Gasteiger partial charge < -0.3 is 10.6 Å². The number of carbonyl (C=O) groups excluding carboxylic acids is 2. The van der Waals surface area contributed by atoms with Crippen molar-refractivity contribution in [1.29, 1.82) is 0 Å². The van der Waals surface area contributed by atoms with Gasteiger partial charge in [-0.3, -0.25) is 9.59 Å². The van der Waals surface area contributed by atoms with Gasteiger partial charge in [-0.2, -0.15) is 0 Å². The smallest absolute Gasteiger partial charge is 0.255 e. The third-order valence-corrected chi connectivity index (χ3v) is 5.84. The molecule has 0 radical (unpaired) electrons. The highest BCUT2D eigenvalue weighted by Gasteiger charge is 2.16. The first-order valence-electron chi connectivity index (χ1n) is 9.53. The standard InChI is InChI=1S/C24H23ClN2O2S/c1-15-6-4-7-18(12-15)24(29)26-20-8-5-9-21(14-20)30-17(3)23(28)27-22-13-19(25)11-10-16(22)2/h4-14,17H,1-3H3,(H,26,29)(H,27,28). The van der Waals surface area contributed by atoms with Gasteiger partial charge in [-0.25, -0.2) is 0 Å². The zero-order chi connectivity index (χ0) is 21.7. The van der Waals surface area contributed by atoms with E-state index in [4.69, 9.17) is 11.6 Å². The Morgan fingerprint density at radius 1 is 0.933 bits per heavy atom. The minimum absolute atomic E-state index is 0.112. The van der Waals surface area contributed by atoms with E-state index in [0.717, 1.165) is 16.0 Å². The van der Waals surface area contributed by atoms with Crippen molar-refractivity contribution in [2.45, 2.75) is 30.9 Å². The molecule has 4 nitrogen and oxygen atoms in total. The number of halogens is 1. The van der Waals surface area contributed by atoms with Gasteiger partial charge in [-0.15, -0.1) is 11.8 Å². The quantitative estimate of drug-likeness (QED) is 0.442. The molecule has 0 aliphatic rings. The monoisotopic (exact) mass is 438 g/mol. The Balaban J connectivity index is 1.64. The molecule has 0 fully saturated rings. The van der Waals surface area contributed by atoms with Gasteiger partial charge in [0.05, 0.1) is 5.25 Å². The molecule has 0 aliphatic carbocycles. The fourth-order valence-electron chi connectivity index (χ4n) is 2.86. The molecule has 154 valence electrons. The Labute approximate surface area is 186 Å². The fourth-order valence-corrected chi connectivity index (χ4v) is 3.96. The Kier molecular flexibility index (Phi) is 7.19. The number of hydrogen-bond donors (Lipinski definition) is 2. The Bertz CT molecular complexity index is 1080. The predicted octanol–water partition coefficient (Wildman–Crippen LogP) is 6.33. The molecule has 0 heterocycles. The van der Waals surface area contributed by atoms with Crippen LogP contribution in [0.25, 0.3) is 0 Å². The van der Waals surface area contributed by atoms with E-state index in [9.17, 15) is 9.59 Å². The number of thioether (sulfide) groups is 1. The summed E-state index contributed by atoms with van der Waals surface area (Å²) < 4.78 is 0. The number of aryl methyl sites for hydroxylation is 2. The summed E-state index contributed by atoms with van der Waals surface area (Å²) in [6.45, 7) is 5.72. The first kappa shape index (κ1) is 21.9. The van der Waals surface area contributed by atoms with Crippen LogP contribution in [0.1, 0.15) is 28.4 Å². The second-order valence-electron chi connectivity index (χ2n) is 7.06. The highest BCUT2D eigenvalue weighted by Crippen LogP contribution is 2.28. The van der Waals surface area contributed by atoms with Gasteiger partial charge in [0.25, 0.3) is 5.91 Å². The second-order valence-corrected chi connectivity index (χ2v) is 8.91. The predicted molar refractivity (Wildman–Crippen MR) is 126 cm³/mol. The fraction of sp³-hybridized carbons (Fsp3) is 0.167. The van der Waals surface area contributed by atoms with Crippen LogP contribution in [0.2, 0.25) is 5.02 Å². The van der Waals surface area contributed by atoms with E-state index in [0.29, 0.717) is 22.0 Å².